The average Bonchev–Trinajstić information content (AvgIpc) is 2.40. The number of nitrogens with one attached hydrogen (secondary N) is 1. The number of amides is 2. The summed E-state index contributed by atoms with van der Waals surface area (Å²) in [6, 6.07) is 6.24. The van der Waals surface area contributed by atoms with Gasteiger partial charge in [0.15, 0.2) is 0 Å². The smallest absolute Gasteiger partial charge is 0.327 e. The molecule has 0 spiro atoms. The Morgan fingerprint density at radius 1 is 1.40 bits per heavy atom. The lowest BCUT2D eigenvalue weighted by molar-refractivity contribution is -0.139. The number of carboxylic acid groups (broad SMARTS) is 1. The summed E-state index contributed by atoms with van der Waals surface area (Å²) in [5.74, 6) is 1.10. The Balaban J connectivity index is 2.60. The Morgan fingerprint density at radius 3 is 2.50 bits per heavy atom. The van der Waals surface area contributed by atoms with E-state index in [1.54, 1.807) is 7.05 Å². The van der Waals surface area contributed by atoms with Crippen molar-refractivity contribution in [2.75, 3.05) is 7.05 Å². The van der Waals surface area contributed by atoms with Gasteiger partial charge in [0.25, 0.3) is 0 Å². The molecule has 0 aliphatic rings. The molecule has 5 nitrogen and oxygen atoms in total. The van der Waals surface area contributed by atoms with E-state index >= 15 is 0 Å². The summed E-state index contributed by atoms with van der Waals surface area (Å²) in [7, 11) is 1.60. The van der Waals surface area contributed by atoms with Crippen LogP contribution in [-0.4, -0.2) is 35.1 Å². The molecule has 1 rings (SSSR count). The van der Waals surface area contributed by atoms with Crippen molar-refractivity contribution in [2.45, 2.75) is 25.9 Å². The number of rotatable bonds is 5. The third kappa shape index (κ3) is 4.65. The van der Waals surface area contributed by atoms with Gasteiger partial charge in [0.1, 0.15) is 6.04 Å². The van der Waals surface area contributed by atoms with Crippen LogP contribution in [0, 0.1) is 19.3 Å². The molecule has 0 radical (unpaired) electrons. The number of nitrogens with zero attached hydrogens (tertiary/aromatic N) is 1. The van der Waals surface area contributed by atoms with Crippen molar-refractivity contribution in [1.82, 2.24) is 10.2 Å². The highest BCUT2D eigenvalue weighted by Gasteiger charge is 2.20. The molecule has 106 valence electrons. The van der Waals surface area contributed by atoms with Gasteiger partial charge >= 0.3 is 12.0 Å². The van der Waals surface area contributed by atoms with E-state index in [9.17, 15) is 9.59 Å². The summed E-state index contributed by atoms with van der Waals surface area (Å²) in [5.41, 5.74) is 2.11. The highest BCUT2D eigenvalue weighted by Crippen LogP contribution is 2.06. The Bertz CT molecular complexity index is 517. The zero-order chi connectivity index (χ0) is 15.1. The first-order valence-electron chi connectivity index (χ1n) is 6.17. The van der Waals surface area contributed by atoms with Crippen LogP contribution < -0.4 is 5.32 Å². The standard InChI is InChI=1S/C15H18N2O3/c1-4-5-13(14(18)19)16-15(20)17(3)10-12-8-6-11(2)7-9-12/h1,6-9,13H,5,10H2,2-3H3,(H,16,20)(H,18,19). The van der Waals surface area contributed by atoms with Crippen LogP contribution in [0.4, 0.5) is 4.79 Å². The molecule has 0 heterocycles. The fourth-order valence-electron chi connectivity index (χ4n) is 1.62. The molecule has 0 aliphatic heterocycles. The van der Waals surface area contributed by atoms with Gasteiger partial charge in [0.05, 0.1) is 0 Å². The molecule has 0 aliphatic carbocycles. The first-order chi connectivity index (χ1) is 9.43. The molecule has 0 saturated carbocycles. The zero-order valence-electron chi connectivity index (χ0n) is 11.6. The summed E-state index contributed by atoms with van der Waals surface area (Å²) >= 11 is 0. The van der Waals surface area contributed by atoms with E-state index in [1.807, 2.05) is 31.2 Å². The molecule has 5 heteroatoms. The number of carbonyl (C=O) groups excluding carboxylic acids is 1. The normalized spacial score (nSPS) is 11.2. The van der Waals surface area contributed by atoms with E-state index in [4.69, 9.17) is 11.5 Å². The number of carbonyl (C=O) groups is 2. The summed E-state index contributed by atoms with van der Waals surface area (Å²) in [5, 5.41) is 11.3. The summed E-state index contributed by atoms with van der Waals surface area (Å²) in [6.45, 7) is 2.38. The summed E-state index contributed by atoms with van der Waals surface area (Å²) < 4.78 is 0. The van der Waals surface area contributed by atoms with Crippen LogP contribution in [0.15, 0.2) is 24.3 Å². The third-order valence-electron chi connectivity index (χ3n) is 2.80. The minimum atomic E-state index is -1.14. The molecular weight excluding hydrogens is 256 g/mol. The second kappa shape index (κ2) is 7.19. The molecule has 0 aromatic heterocycles. The maximum absolute atomic E-state index is 11.9. The van der Waals surface area contributed by atoms with Gasteiger partial charge in [0, 0.05) is 20.0 Å². The lowest BCUT2D eigenvalue weighted by Crippen LogP contribution is -2.46. The van der Waals surface area contributed by atoms with Crippen LogP contribution in [0.25, 0.3) is 0 Å². The van der Waals surface area contributed by atoms with E-state index in [2.05, 4.69) is 11.2 Å². The van der Waals surface area contributed by atoms with E-state index < -0.39 is 18.0 Å². The molecular formula is C15H18N2O3. The Kier molecular flexibility index (Phi) is 5.60. The topological polar surface area (TPSA) is 69.6 Å². The van der Waals surface area contributed by atoms with Gasteiger partial charge in [-0.15, -0.1) is 12.3 Å². The van der Waals surface area contributed by atoms with Crippen molar-refractivity contribution < 1.29 is 14.7 Å². The first-order valence-corrected chi connectivity index (χ1v) is 6.17. The number of aryl methyl sites for hydroxylation is 1. The van der Waals surface area contributed by atoms with Crippen molar-refractivity contribution >= 4 is 12.0 Å². The second-order valence-electron chi connectivity index (χ2n) is 4.59. The van der Waals surface area contributed by atoms with Crippen LogP contribution in [-0.2, 0) is 11.3 Å². The number of carboxylic acids is 1. The fourth-order valence-corrected chi connectivity index (χ4v) is 1.62. The molecule has 1 aromatic rings. The highest BCUT2D eigenvalue weighted by atomic mass is 16.4. The number of terminal acetylenes is 1. The molecule has 2 N–H and O–H groups in total. The quantitative estimate of drug-likeness (QED) is 0.801. The van der Waals surface area contributed by atoms with Gasteiger partial charge in [-0.3, -0.25) is 0 Å². The van der Waals surface area contributed by atoms with E-state index in [0.717, 1.165) is 11.1 Å². The van der Waals surface area contributed by atoms with Crippen molar-refractivity contribution in [2.24, 2.45) is 0 Å². The molecule has 0 bridgehead atoms. The third-order valence-corrected chi connectivity index (χ3v) is 2.80. The van der Waals surface area contributed by atoms with Gasteiger partial charge in [-0.1, -0.05) is 29.8 Å². The van der Waals surface area contributed by atoms with Crippen LogP contribution in [0.1, 0.15) is 17.5 Å². The van der Waals surface area contributed by atoms with Crippen molar-refractivity contribution in [1.29, 1.82) is 0 Å². The molecule has 0 saturated heterocycles. The SMILES string of the molecule is C#CCC(NC(=O)N(C)Cc1ccc(C)cc1)C(=O)O. The van der Waals surface area contributed by atoms with Crippen molar-refractivity contribution in [3.8, 4) is 12.3 Å². The Morgan fingerprint density at radius 2 is 2.00 bits per heavy atom. The average molecular weight is 274 g/mol. The molecule has 2 amide bonds. The van der Waals surface area contributed by atoms with E-state index in [-0.39, 0.29) is 6.42 Å². The van der Waals surface area contributed by atoms with Gasteiger partial charge in [-0.05, 0) is 12.5 Å². The van der Waals surface area contributed by atoms with Crippen LogP contribution >= 0.6 is 0 Å². The van der Waals surface area contributed by atoms with Crippen LogP contribution in [0.3, 0.4) is 0 Å². The minimum Gasteiger partial charge on any atom is -0.480 e. The van der Waals surface area contributed by atoms with Gasteiger partial charge < -0.3 is 15.3 Å². The second-order valence-corrected chi connectivity index (χ2v) is 4.59. The number of hydrogen-bond donors (Lipinski definition) is 2. The van der Waals surface area contributed by atoms with E-state index in [1.165, 1.54) is 4.90 Å². The van der Waals surface area contributed by atoms with Gasteiger partial charge in [-0.25, -0.2) is 9.59 Å². The lowest BCUT2D eigenvalue weighted by Gasteiger charge is -2.20. The van der Waals surface area contributed by atoms with Crippen LogP contribution in [0.2, 0.25) is 0 Å². The Hall–Kier alpha value is -2.48. The maximum Gasteiger partial charge on any atom is 0.327 e. The predicted molar refractivity (Wildman–Crippen MR) is 76.1 cm³/mol. The molecule has 0 fully saturated rings. The number of hydrogen-bond acceptors (Lipinski definition) is 2. The van der Waals surface area contributed by atoms with Gasteiger partial charge in [0.2, 0.25) is 0 Å². The largest absolute Gasteiger partial charge is 0.480 e. The fraction of sp³-hybridized carbons (Fsp3) is 0.333. The summed E-state index contributed by atoms with van der Waals surface area (Å²) in [4.78, 5) is 24.2. The monoisotopic (exact) mass is 274 g/mol. The van der Waals surface area contributed by atoms with Crippen LogP contribution in [0.5, 0.6) is 0 Å². The number of benzene rings is 1. The molecule has 20 heavy (non-hydrogen) atoms. The maximum atomic E-state index is 11.9. The Labute approximate surface area is 118 Å². The van der Waals surface area contributed by atoms with Crippen molar-refractivity contribution in [3.05, 3.63) is 35.4 Å². The molecule has 1 atom stereocenters. The minimum absolute atomic E-state index is 0.0422. The zero-order valence-corrected chi connectivity index (χ0v) is 11.6. The number of urea groups is 1. The van der Waals surface area contributed by atoms with E-state index in [0.29, 0.717) is 6.54 Å². The van der Waals surface area contributed by atoms with Crippen molar-refractivity contribution in [3.63, 3.8) is 0 Å². The summed E-state index contributed by atoms with van der Waals surface area (Å²) in [6.07, 6.45) is 5.04. The highest BCUT2D eigenvalue weighted by molar-refractivity contribution is 5.82. The lowest BCUT2D eigenvalue weighted by atomic mass is 10.1. The molecule has 1 unspecified atom stereocenters. The predicted octanol–water partition coefficient (Wildman–Crippen LogP) is 1.61. The van der Waals surface area contributed by atoms with Gasteiger partial charge in [-0.2, -0.15) is 0 Å². The number of aliphatic carboxylic acids is 1. The molecule has 1 aromatic carbocycles. The first kappa shape index (κ1) is 15.6.